The van der Waals surface area contributed by atoms with Crippen LogP contribution in [0.25, 0.3) is 5.70 Å². The van der Waals surface area contributed by atoms with Crippen molar-refractivity contribution in [3.8, 4) is 5.75 Å². The SMILES string of the molecule is CN=C(N)C(=N)C(C=C(N)c1ccccc1O)=NC1CCNCC1. The summed E-state index contributed by atoms with van der Waals surface area (Å²) in [5, 5.41) is 21.4. The number of hydrogen-bond donors (Lipinski definition) is 5. The molecule has 2 rings (SSSR count). The van der Waals surface area contributed by atoms with Gasteiger partial charge in [-0.3, -0.25) is 15.4 Å². The van der Waals surface area contributed by atoms with E-state index in [9.17, 15) is 5.11 Å². The van der Waals surface area contributed by atoms with E-state index in [-0.39, 0.29) is 23.3 Å². The third-order valence-corrected chi connectivity index (χ3v) is 3.89. The first-order valence-corrected chi connectivity index (χ1v) is 7.88. The molecule has 1 heterocycles. The normalized spacial score (nSPS) is 17.8. The Morgan fingerprint density at radius 2 is 1.96 bits per heavy atom. The molecule has 1 saturated heterocycles. The number of allylic oxidation sites excluding steroid dienone is 1. The van der Waals surface area contributed by atoms with E-state index < -0.39 is 0 Å². The molecule has 0 amide bonds. The van der Waals surface area contributed by atoms with E-state index in [1.165, 1.54) is 7.05 Å². The Morgan fingerprint density at radius 1 is 1.29 bits per heavy atom. The summed E-state index contributed by atoms with van der Waals surface area (Å²) in [4.78, 5) is 8.51. The van der Waals surface area contributed by atoms with Crippen molar-refractivity contribution < 1.29 is 5.11 Å². The van der Waals surface area contributed by atoms with Gasteiger partial charge in [-0.15, -0.1) is 0 Å². The molecular formula is C17H24N6O. The molecule has 0 saturated carbocycles. The van der Waals surface area contributed by atoms with Crippen LogP contribution in [0.4, 0.5) is 0 Å². The van der Waals surface area contributed by atoms with Crippen LogP contribution in [0.3, 0.4) is 0 Å². The van der Waals surface area contributed by atoms with Crippen LogP contribution in [-0.2, 0) is 0 Å². The van der Waals surface area contributed by atoms with Gasteiger partial charge >= 0.3 is 0 Å². The van der Waals surface area contributed by atoms with Crippen LogP contribution >= 0.6 is 0 Å². The summed E-state index contributed by atoms with van der Waals surface area (Å²) < 4.78 is 0. The number of rotatable bonds is 5. The minimum Gasteiger partial charge on any atom is -0.507 e. The van der Waals surface area contributed by atoms with Crippen molar-refractivity contribution in [1.82, 2.24) is 5.32 Å². The number of phenols is 1. The van der Waals surface area contributed by atoms with Gasteiger partial charge < -0.3 is 21.9 Å². The quantitative estimate of drug-likeness (QED) is 0.405. The fraction of sp³-hybridized carbons (Fsp3) is 0.353. The number of piperidine rings is 1. The lowest BCUT2D eigenvalue weighted by Crippen LogP contribution is -2.34. The molecule has 1 aromatic rings. The van der Waals surface area contributed by atoms with Crippen molar-refractivity contribution >= 4 is 23.0 Å². The molecule has 1 fully saturated rings. The molecule has 128 valence electrons. The molecule has 1 aromatic carbocycles. The van der Waals surface area contributed by atoms with Gasteiger partial charge in [0.15, 0.2) is 0 Å². The van der Waals surface area contributed by atoms with Crippen LogP contribution in [0.5, 0.6) is 5.75 Å². The van der Waals surface area contributed by atoms with E-state index in [1.807, 2.05) is 0 Å². The highest BCUT2D eigenvalue weighted by atomic mass is 16.3. The number of benzene rings is 1. The van der Waals surface area contributed by atoms with Crippen LogP contribution in [-0.4, -0.2) is 48.5 Å². The third-order valence-electron chi connectivity index (χ3n) is 3.89. The second kappa shape index (κ2) is 8.26. The molecule has 7 heteroatoms. The number of nitrogens with one attached hydrogen (secondary N) is 2. The molecule has 0 unspecified atom stereocenters. The average Bonchev–Trinajstić information content (AvgIpc) is 2.61. The van der Waals surface area contributed by atoms with E-state index in [4.69, 9.17) is 16.9 Å². The Hall–Kier alpha value is -2.67. The molecule has 1 aliphatic heterocycles. The minimum atomic E-state index is 0.0365. The summed E-state index contributed by atoms with van der Waals surface area (Å²) >= 11 is 0. The van der Waals surface area contributed by atoms with Gasteiger partial charge in [0.2, 0.25) is 0 Å². The Bertz CT molecular complexity index is 686. The van der Waals surface area contributed by atoms with Gasteiger partial charge in [0.1, 0.15) is 17.3 Å². The van der Waals surface area contributed by atoms with Crippen molar-refractivity contribution in [2.24, 2.45) is 21.5 Å². The molecule has 0 aliphatic carbocycles. The number of nitrogens with zero attached hydrogens (tertiary/aromatic N) is 2. The van der Waals surface area contributed by atoms with Crippen LogP contribution in [0.2, 0.25) is 0 Å². The molecule has 7 nitrogen and oxygen atoms in total. The molecule has 0 radical (unpaired) electrons. The highest BCUT2D eigenvalue weighted by molar-refractivity contribution is 6.69. The molecule has 24 heavy (non-hydrogen) atoms. The number of para-hydroxylation sites is 1. The van der Waals surface area contributed by atoms with Gasteiger partial charge in [0, 0.05) is 18.3 Å². The average molecular weight is 328 g/mol. The lowest BCUT2D eigenvalue weighted by molar-refractivity contribution is 0.460. The molecule has 1 aliphatic rings. The third kappa shape index (κ3) is 4.42. The molecule has 0 atom stereocenters. The van der Waals surface area contributed by atoms with Gasteiger partial charge in [-0.2, -0.15) is 0 Å². The van der Waals surface area contributed by atoms with Gasteiger partial charge in [0.05, 0.1) is 11.8 Å². The molecular weight excluding hydrogens is 304 g/mol. The monoisotopic (exact) mass is 328 g/mol. The van der Waals surface area contributed by atoms with E-state index in [0.717, 1.165) is 25.9 Å². The Balaban J connectivity index is 2.38. The van der Waals surface area contributed by atoms with Crippen molar-refractivity contribution in [2.45, 2.75) is 18.9 Å². The van der Waals surface area contributed by atoms with Gasteiger partial charge in [-0.1, -0.05) is 12.1 Å². The molecule has 0 spiro atoms. The summed E-state index contributed by atoms with van der Waals surface area (Å²) in [7, 11) is 1.53. The molecule has 0 bridgehead atoms. The molecule has 0 aromatic heterocycles. The zero-order valence-electron chi connectivity index (χ0n) is 13.8. The maximum atomic E-state index is 9.94. The number of amidine groups is 1. The second-order valence-electron chi connectivity index (χ2n) is 5.60. The Labute approximate surface area is 141 Å². The Morgan fingerprint density at radius 3 is 2.58 bits per heavy atom. The maximum Gasteiger partial charge on any atom is 0.145 e. The van der Waals surface area contributed by atoms with E-state index in [2.05, 4.69) is 15.3 Å². The van der Waals surface area contributed by atoms with Crippen LogP contribution in [0.1, 0.15) is 18.4 Å². The first kappa shape index (κ1) is 17.7. The number of phenolic OH excluding ortho intramolecular Hbond substituents is 1. The van der Waals surface area contributed by atoms with E-state index in [0.29, 0.717) is 17.0 Å². The smallest absolute Gasteiger partial charge is 0.145 e. The predicted molar refractivity (Wildman–Crippen MR) is 98.9 cm³/mol. The summed E-state index contributed by atoms with van der Waals surface area (Å²) in [6, 6.07) is 6.89. The minimum absolute atomic E-state index is 0.0365. The fourth-order valence-electron chi connectivity index (χ4n) is 2.49. The topological polar surface area (TPSA) is 133 Å². The van der Waals surface area contributed by atoms with Crippen LogP contribution in [0, 0.1) is 5.41 Å². The van der Waals surface area contributed by atoms with Crippen molar-refractivity contribution in [1.29, 1.82) is 5.41 Å². The fourth-order valence-corrected chi connectivity index (χ4v) is 2.49. The zero-order valence-corrected chi connectivity index (χ0v) is 13.8. The zero-order chi connectivity index (χ0) is 17.5. The van der Waals surface area contributed by atoms with Crippen LogP contribution < -0.4 is 16.8 Å². The summed E-state index contributed by atoms with van der Waals surface area (Å²) in [5.41, 5.74) is 13.1. The lowest BCUT2D eigenvalue weighted by Gasteiger charge is -2.20. The second-order valence-corrected chi connectivity index (χ2v) is 5.60. The van der Waals surface area contributed by atoms with Crippen molar-refractivity contribution in [3.63, 3.8) is 0 Å². The summed E-state index contributed by atoms with van der Waals surface area (Å²) in [6.07, 6.45) is 3.37. The highest BCUT2D eigenvalue weighted by Crippen LogP contribution is 2.21. The number of aromatic hydroxyl groups is 1. The Kier molecular flexibility index (Phi) is 6.08. The van der Waals surface area contributed by atoms with Gasteiger partial charge in [-0.25, -0.2) is 0 Å². The summed E-state index contributed by atoms with van der Waals surface area (Å²) in [6.45, 7) is 1.79. The van der Waals surface area contributed by atoms with Gasteiger partial charge in [0.25, 0.3) is 0 Å². The maximum absolute atomic E-state index is 9.94. The summed E-state index contributed by atoms with van der Waals surface area (Å²) in [5.74, 6) is 0.181. The first-order chi connectivity index (χ1) is 11.5. The number of hydrogen-bond acceptors (Lipinski definition) is 6. The standard InChI is InChI=1S/C17H24N6O/c1-21-17(20)16(19)14(23-11-6-8-22-9-7-11)10-13(18)12-4-2-3-5-15(12)24/h2-5,10-11,19,22,24H,6-9,18H2,1H3,(H2,20,21). The largest absolute Gasteiger partial charge is 0.507 e. The van der Waals surface area contributed by atoms with E-state index in [1.54, 1.807) is 30.3 Å². The predicted octanol–water partition coefficient (Wildman–Crippen LogP) is 0.892. The van der Waals surface area contributed by atoms with Crippen molar-refractivity contribution in [3.05, 3.63) is 35.9 Å². The van der Waals surface area contributed by atoms with Crippen molar-refractivity contribution in [2.75, 3.05) is 20.1 Å². The van der Waals surface area contributed by atoms with Crippen LogP contribution in [0.15, 0.2) is 40.3 Å². The highest BCUT2D eigenvalue weighted by Gasteiger charge is 2.16. The first-order valence-electron chi connectivity index (χ1n) is 7.88. The van der Waals surface area contributed by atoms with Gasteiger partial charge in [-0.05, 0) is 44.1 Å². The molecule has 7 N–H and O–H groups in total. The van der Waals surface area contributed by atoms with E-state index >= 15 is 0 Å². The number of nitrogens with two attached hydrogens (primary N) is 2. The lowest BCUT2D eigenvalue weighted by atomic mass is 10.0. The number of aliphatic imine (C=N–C) groups is 2.